The van der Waals surface area contributed by atoms with Crippen LogP contribution >= 0.6 is 0 Å². The van der Waals surface area contributed by atoms with Crippen LogP contribution in [0, 0.1) is 6.92 Å². The van der Waals surface area contributed by atoms with Crippen LogP contribution in [0.3, 0.4) is 0 Å². The first-order chi connectivity index (χ1) is 9.06. The minimum absolute atomic E-state index is 0.240. The zero-order valence-electron chi connectivity index (χ0n) is 10.6. The van der Waals surface area contributed by atoms with E-state index in [0.717, 1.165) is 0 Å². The molecular weight excluding hydrogens is 246 g/mol. The monoisotopic (exact) mass is 259 g/mol. The van der Waals surface area contributed by atoms with Crippen LogP contribution in [0.15, 0.2) is 34.9 Å². The minimum atomic E-state index is -0.375. The van der Waals surface area contributed by atoms with Crippen LogP contribution < -0.4 is 10.6 Å². The number of aryl methyl sites for hydroxylation is 1. The number of rotatable bonds is 3. The molecule has 6 nitrogen and oxygen atoms in total. The number of nitrogens with one attached hydrogen (secondary N) is 2. The van der Waals surface area contributed by atoms with Gasteiger partial charge in [0.05, 0.1) is 16.9 Å². The number of para-hydroxylation sites is 1. The molecule has 0 aliphatic rings. The molecule has 98 valence electrons. The molecule has 0 aliphatic heterocycles. The van der Waals surface area contributed by atoms with Crippen LogP contribution in [0.2, 0.25) is 0 Å². The molecule has 0 fully saturated rings. The number of carbonyl (C=O) groups excluding carboxylic acids is 2. The quantitative estimate of drug-likeness (QED) is 0.884. The number of hydrogen-bond donors (Lipinski definition) is 2. The molecule has 2 aromatic rings. The predicted molar refractivity (Wildman–Crippen MR) is 69.9 cm³/mol. The fourth-order valence-electron chi connectivity index (χ4n) is 1.58. The van der Waals surface area contributed by atoms with Gasteiger partial charge in [0.1, 0.15) is 0 Å². The van der Waals surface area contributed by atoms with Crippen LogP contribution in [-0.4, -0.2) is 17.0 Å². The first-order valence-electron chi connectivity index (χ1n) is 5.67. The largest absolute Gasteiger partial charge is 0.338 e. The first kappa shape index (κ1) is 12.8. The summed E-state index contributed by atoms with van der Waals surface area (Å²) in [6, 6.07) is 8.33. The summed E-state index contributed by atoms with van der Waals surface area (Å²) in [5.41, 5.74) is 1.47. The van der Waals surface area contributed by atoms with Crippen molar-refractivity contribution in [1.82, 2.24) is 5.16 Å². The summed E-state index contributed by atoms with van der Waals surface area (Å²) >= 11 is 0. The zero-order chi connectivity index (χ0) is 13.8. The lowest BCUT2D eigenvalue weighted by molar-refractivity contribution is -0.114. The summed E-state index contributed by atoms with van der Waals surface area (Å²) in [7, 11) is 0. The first-order valence-corrected chi connectivity index (χ1v) is 5.67. The SMILES string of the molecule is CC(=O)Nc1ccccc1C(=O)Nc1cc(C)no1. The topological polar surface area (TPSA) is 84.2 Å². The molecule has 19 heavy (non-hydrogen) atoms. The average molecular weight is 259 g/mol. The van der Waals surface area contributed by atoms with Gasteiger partial charge in [0.25, 0.3) is 5.91 Å². The van der Waals surface area contributed by atoms with Crippen molar-refractivity contribution in [2.75, 3.05) is 10.6 Å². The summed E-state index contributed by atoms with van der Waals surface area (Å²) < 4.78 is 4.91. The van der Waals surface area contributed by atoms with E-state index in [4.69, 9.17) is 4.52 Å². The number of carbonyl (C=O) groups is 2. The van der Waals surface area contributed by atoms with Gasteiger partial charge >= 0.3 is 0 Å². The normalized spacial score (nSPS) is 10.0. The van der Waals surface area contributed by atoms with E-state index in [1.807, 2.05) is 0 Å². The van der Waals surface area contributed by atoms with Gasteiger partial charge in [-0.3, -0.25) is 14.9 Å². The third-order valence-corrected chi connectivity index (χ3v) is 2.35. The van der Waals surface area contributed by atoms with Crippen LogP contribution in [0.25, 0.3) is 0 Å². The number of anilines is 2. The Morgan fingerprint density at radius 3 is 2.58 bits per heavy atom. The standard InChI is InChI=1S/C13H13N3O3/c1-8-7-12(19-16-8)15-13(18)10-5-3-4-6-11(10)14-9(2)17/h3-7H,1-2H3,(H,14,17)(H,15,18). The Bertz CT molecular complexity index is 619. The Morgan fingerprint density at radius 2 is 1.95 bits per heavy atom. The van der Waals surface area contributed by atoms with E-state index in [-0.39, 0.29) is 17.7 Å². The zero-order valence-corrected chi connectivity index (χ0v) is 10.6. The average Bonchev–Trinajstić information content (AvgIpc) is 2.74. The Kier molecular flexibility index (Phi) is 3.61. The highest BCUT2D eigenvalue weighted by Gasteiger charge is 2.13. The molecule has 2 N–H and O–H groups in total. The van der Waals surface area contributed by atoms with E-state index < -0.39 is 0 Å². The lowest BCUT2D eigenvalue weighted by Crippen LogP contribution is -2.16. The highest BCUT2D eigenvalue weighted by Crippen LogP contribution is 2.17. The molecule has 0 radical (unpaired) electrons. The molecule has 0 unspecified atom stereocenters. The van der Waals surface area contributed by atoms with Crippen molar-refractivity contribution < 1.29 is 14.1 Å². The maximum Gasteiger partial charge on any atom is 0.260 e. The van der Waals surface area contributed by atoms with E-state index in [1.54, 1.807) is 37.3 Å². The van der Waals surface area contributed by atoms with Crippen LogP contribution in [0.4, 0.5) is 11.6 Å². The molecule has 1 aromatic heterocycles. The number of nitrogens with zero attached hydrogens (tertiary/aromatic N) is 1. The maximum atomic E-state index is 12.1. The molecule has 0 atom stereocenters. The van der Waals surface area contributed by atoms with Gasteiger partial charge in [-0.05, 0) is 19.1 Å². The minimum Gasteiger partial charge on any atom is -0.338 e. The van der Waals surface area contributed by atoms with Crippen molar-refractivity contribution in [3.63, 3.8) is 0 Å². The summed E-state index contributed by atoms with van der Waals surface area (Å²) in [5, 5.41) is 8.85. The van der Waals surface area contributed by atoms with Gasteiger partial charge in [0.15, 0.2) is 0 Å². The second-order valence-electron chi connectivity index (χ2n) is 4.01. The van der Waals surface area contributed by atoms with E-state index in [2.05, 4.69) is 15.8 Å². The Hall–Kier alpha value is -2.63. The predicted octanol–water partition coefficient (Wildman–Crippen LogP) is 2.19. The van der Waals surface area contributed by atoms with Crippen molar-refractivity contribution in [2.24, 2.45) is 0 Å². The number of amides is 2. The maximum absolute atomic E-state index is 12.1. The van der Waals surface area contributed by atoms with Gasteiger partial charge in [0, 0.05) is 13.0 Å². The highest BCUT2D eigenvalue weighted by atomic mass is 16.5. The van der Waals surface area contributed by atoms with Crippen molar-refractivity contribution >= 4 is 23.4 Å². The molecule has 1 heterocycles. The number of aromatic nitrogens is 1. The summed E-state index contributed by atoms with van der Waals surface area (Å²) in [5.74, 6) is -0.351. The fourth-order valence-corrected chi connectivity index (χ4v) is 1.58. The van der Waals surface area contributed by atoms with E-state index in [1.165, 1.54) is 6.92 Å². The lowest BCUT2D eigenvalue weighted by Gasteiger charge is -2.08. The summed E-state index contributed by atoms with van der Waals surface area (Å²) in [6.45, 7) is 3.14. The number of hydrogen-bond acceptors (Lipinski definition) is 4. The smallest absolute Gasteiger partial charge is 0.260 e. The third-order valence-electron chi connectivity index (χ3n) is 2.35. The lowest BCUT2D eigenvalue weighted by atomic mass is 10.1. The summed E-state index contributed by atoms with van der Waals surface area (Å²) in [4.78, 5) is 23.2. The second kappa shape index (κ2) is 5.34. The molecule has 0 saturated heterocycles. The molecule has 1 aromatic carbocycles. The molecule has 0 spiro atoms. The second-order valence-corrected chi connectivity index (χ2v) is 4.01. The van der Waals surface area contributed by atoms with Gasteiger partial charge < -0.3 is 9.84 Å². The van der Waals surface area contributed by atoms with Gasteiger partial charge in [0.2, 0.25) is 11.8 Å². The van der Waals surface area contributed by atoms with E-state index in [9.17, 15) is 9.59 Å². The van der Waals surface area contributed by atoms with Crippen molar-refractivity contribution in [3.8, 4) is 0 Å². The molecular formula is C13H13N3O3. The van der Waals surface area contributed by atoms with Crippen LogP contribution in [-0.2, 0) is 4.79 Å². The number of benzene rings is 1. The van der Waals surface area contributed by atoms with Crippen molar-refractivity contribution in [3.05, 3.63) is 41.6 Å². The molecule has 6 heteroatoms. The Labute approximate surface area is 109 Å². The molecule has 2 amide bonds. The van der Waals surface area contributed by atoms with Crippen LogP contribution in [0.5, 0.6) is 0 Å². The molecule has 2 rings (SSSR count). The van der Waals surface area contributed by atoms with Crippen LogP contribution in [0.1, 0.15) is 23.0 Å². The van der Waals surface area contributed by atoms with Gasteiger partial charge in [-0.25, -0.2) is 0 Å². The van der Waals surface area contributed by atoms with Crippen molar-refractivity contribution in [1.29, 1.82) is 0 Å². The van der Waals surface area contributed by atoms with Gasteiger partial charge in [-0.1, -0.05) is 17.3 Å². The van der Waals surface area contributed by atoms with E-state index >= 15 is 0 Å². The van der Waals surface area contributed by atoms with Crippen molar-refractivity contribution in [2.45, 2.75) is 13.8 Å². The molecule has 0 saturated carbocycles. The Balaban J connectivity index is 2.21. The van der Waals surface area contributed by atoms with E-state index in [0.29, 0.717) is 16.9 Å². The Morgan fingerprint density at radius 1 is 1.21 bits per heavy atom. The van der Waals surface area contributed by atoms with Gasteiger partial charge in [-0.2, -0.15) is 0 Å². The summed E-state index contributed by atoms with van der Waals surface area (Å²) in [6.07, 6.45) is 0. The highest BCUT2D eigenvalue weighted by molar-refractivity contribution is 6.09. The molecule has 0 aliphatic carbocycles. The fraction of sp³-hybridized carbons (Fsp3) is 0.154. The van der Waals surface area contributed by atoms with Gasteiger partial charge in [-0.15, -0.1) is 0 Å². The third kappa shape index (κ3) is 3.19. The molecule has 0 bridgehead atoms.